The molecule has 0 spiro atoms. The molecule has 3 rings (SSSR count). The van der Waals surface area contributed by atoms with E-state index in [0.29, 0.717) is 4.75 Å². The Bertz CT molecular complexity index is 585. The highest BCUT2D eigenvalue weighted by atomic mass is 32.2. The molecular weight excluding hydrogens is 272 g/mol. The zero-order valence-corrected chi connectivity index (χ0v) is 13.2. The van der Waals surface area contributed by atoms with Gasteiger partial charge in [0, 0.05) is 20.1 Å². The van der Waals surface area contributed by atoms with Gasteiger partial charge in [-0.05, 0) is 35.9 Å². The van der Waals surface area contributed by atoms with Gasteiger partial charge in [-0.1, -0.05) is 26.0 Å². The van der Waals surface area contributed by atoms with Gasteiger partial charge >= 0.3 is 0 Å². The summed E-state index contributed by atoms with van der Waals surface area (Å²) >= 11 is 3.78. The molecule has 0 unspecified atom stereocenters. The van der Waals surface area contributed by atoms with Gasteiger partial charge in [0.15, 0.2) is 0 Å². The van der Waals surface area contributed by atoms with E-state index in [1.807, 2.05) is 11.8 Å². The van der Waals surface area contributed by atoms with Crippen LogP contribution >= 0.6 is 23.1 Å². The molecule has 0 amide bonds. The van der Waals surface area contributed by atoms with Crippen molar-refractivity contribution in [1.82, 2.24) is 0 Å². The average molecular weight is 290 g/mol. The average Bonchev–Trinajstić information content (AvgIpc) is 2.89. The third-order valence-corrected chi connectivity index (χ3v) is 5.88. The maximum Gasteiger partial charge on any atom is 0.128 e. The van der Waals surface area contributed by atoms with E-state index in [9.17, 15) is 0 Å². The lowest BCUT2D eigenvalue weighted by Gasteiger charge is -2.32. The minimum atomic E-state index is 0.311. The monoisotopic (exact) mass is 290 g/mol. The number of rotatable bonds is 2. The highest BCUT2D eigenvalue weighted by Gasteiger charge is 2.29. The van der Waals surface area contributed by atoms with Crippen LogP contribution in [0.2, 0.25) is 0 Å². The van der Waals surface area contributed by atoms with Gasteiger partial charge in [-0.25, -0.2) is 0 Å². The molecule has 0 radical (unpaired) electrons. The molecule has 0 aliphatic carbocycles. The molecular formula is C16H18OS2. The number of fused-ring (bicyclic) bond motifs is 1. The van der Waals surface area contributed by atoms with Crippen molar-refractivity contribution in [2.24, 2.45) is 0 Å². The van der Waals surface area contributed by atoms with Crippen molar-refractivity contribution in [2.75, 3.05) is 7.11 Å². The highest BCUT2D eigenvalue weighted by Crippen LogP contribution is 2.50. The van der Waals surface area contributed by atoms with Crippen molar-refractivity contribution in [1.29, 1.82) is 0 Å². The number of methoxy groups -OCH3 is 1. The molecule has 2 aromatic rings. The van der Waals surface area contributed by atoms with Crippen LogP contribution in [0.1, 0.15) is 25.8 Å². The van der Waals surface area contributed by atoms with Gasteiger partial charge < -0.3 is 4.74 Å². The summed E-state index contributed by atoms with van der Waals surface area (Å²) in [6.45, 7) is 4.66. The third-order valence-electron chi connectivity index (χ3n) is 3.56. The van der Waals surface area contributed by atoms with Crippen LogP contribution in [0.15, 0.2) is 34.5 Å². The van der Waals surface area contributed by atoms with Gasteiger partial charge in [0.05, 0.1) is 7.11 Å². The first-order chi connectivity index (χ1) is 9.11. The molecule has 1 aromatic heterocycles. The van der Waals surface area contributed by atoms with Gasteiger partial charge in [0.2, 0.25) is 0 Å². The summed E-state index contributed by atoms with van der Waals surface area (Å²) in [5.74, 6) is 0.992. The quantitative estimate of drug-likeness (QED) is 0.748. The maximum absolute atomic E-state index is 5.60. The summed E-state index contributed by atoms with van der Waals surface area (Å²) in [5, 5.41) is 2.13. The molecule has 1 nitrogen and oxygen atoms in total. The SMILES string of the molecule is COc1ccc2c(c1-c1cccs1)SC(C)(C)CC2. The molecule has 0 N–H and O–H groups in total. The molecule has 1 aliphatic heterocycles. The Labute approximate surface area is 123 Å². The standard InChI is InChI=1S/C16H18OS2/c1-16(2)9-8-11-6-7-12(17-3)14(15(11)19-16)13-5-4-10-18-13/h4-7,10H,8-9H2,1-3H3. The minimum absolute atomic E-state index is 0.311. The Morgan fingerprint density at radius 1 is 1.21 bits per heavy atom. The number of hydrogen-bond acceptors (Lipinski definition) is 3. The summed E-state index contributed by atoms with van der Waals surface area (Å²) in [6.07, 6.45) is 2.40. The minimum Gasteiger partial charge on any atom is -0.496 e. The zero-order chi connectivity index (χ0) is 13.5. The first-order valence-corrected chi connectivity index (χ1v) is 8.23. The Hall–Kier alpha value is -0.930. The molecule has 1 aliphatic rings. The Morgan fingerprint density at radius 3 is 2.74 bits per heavy atom. The molecule has 0 bridgehead atoms. The molecule has 100 valence electrons. The van der Waals surface area contributed by atoms with E-state index in [4.69, 9.17) is 4.74 Å². The molecule has 0 atom stereocenters. The van der Waals surface area contributed by atoms with Crippen LogP contribution in [0, 0.1) is 0 Å². The molecule has 19 heavy (non-hydrogen) atoms. The molecule has 0 saturated heterocycles. The lowest BCUT2D eigenvalue weighted by atomic mass is 9.98. The normalized spacial score (nSPS) is 17.0. The first kappa shape index (κ1) is 13.1. The summed E-state index contributed by atoms with van der Waals surface area (Å²) in [5.41, 5.74) is 2.75. The van der Waals surface area contributed by atoms with Crippen LogP contribution in [0.25, 0.3) is 10.4 Å². The third kappa shape index (κ3) is 2.41. The molecule has 3 heteroatoms. The van der Waals surface area contributed by atoms with E-state index in [1.54, 1.807) is 18.4 Å². The van der Waals surface area contributed by atoms with Gasteiger partial charge in [0.1, 0.15) is 5.75 Å². The predicted octanol–water partition coefficient (Wildman–Crippen LogP) is 5.24. The summed E-state index contributed by atoms with van der Waals surface area (Å²) in [7, 11) is 1.76. The van der Waals surface area contributed by atoms with Crippen LogP contribution < -0.4 is 4.74 Å². The molecule has 1 aromatic carbocycles. The van der Waals surface area contributed by atoms with Crippen molar-refractivity contribution in [2.45, 2.75) is 36.3 Å². The smallest absolute Gasteiger partial charge is 0.128 e. The van der Waals surface area contributed by atoms with Crippen molar-refractivity contribution < 1.29 is 4.74 Å². The number of thioether (sulfide) groups is 1. The Morgan fingerprint density at radius 2 is 2.05 bits per heavy atom. The first-order valence-electron chi connectivity index (χ1n) is 6.53. The van der Waals surface area contributed by atoms with Gasteiger partial charge in [-0.3, -0.25) is 0 Å². The van der Waals surface area contributed by atoms with Crippen LogP contribution in [0.4, 0.5) is 0 Å². The van der Waals surface area contributed by atoms with Crippen molar-refractivity contribution in [3.63, 3.8) is 0 Å². The lowest BCUT2D eigenvalue weighted by molar-refractivity contribution is 0.415. The Kier molecular flexibility index (Phi) is 3.35. The lowest BCUT2D eigenvalue weighted by Crippen LogP contribution is -2.20. The van der Waals surface area contributed by atoms with E-state index >= 15 is 0 Å². The number of aryl methyl sites for hydroxylation is 1. The fourth-order valence-corrected chi connectivity index (χ4v) is 4.72. The molecule has 0 fully saturated rings. The second-order valence-corrected chi connectivity index (χ2v) is 8.14. The summed E-state index contributed by atoms with van der Waals surface area (Å²) < 4.78 is 5.91. The van der Waals surface area contributed by atoms with Crippen molar-refractivity contribution in [3.05, 3.63) is 35.2 Å². The van der Waals surface area contributed by atoms with Crippen LogP contribution in [0.5, 0.6) is 5.75 Å². The van der Waals surface area contributed by atoms with Gasteiger partial charge in [-0.15, -0.1) is 23.1 Å². The number of hydrogen-bond donors (Lipinski definition) is 0. The zero-order valence-electron chi connectivity index (χ0n) is 11.5. The number of thiophene rings is 1. The van der Waals surface area contributed by atoms with Crippen molar-refractivity contribution in [3.8, 4) is 16.2 Å². The summed E-state index contributed by atoms with van der Waals surface area (Å²) in [6, 6.07) is 8.64. The topological polar surface area (TPSA) is 9.23 Å². The van der Waals surface area contributed by atoms with Crippen LogP contribution in [0.3, 0.4) is 0 Å². The Balaban J connectivity index is 2.20. The predicted molar refractivity (Wildman–Crippen MR) is 84.6 cm³/mol. The van der Waals surface area contributed by atoms with Gasteiger partial charge in [0.25, 0.3) is 0 Å². The van der Waals surface area contributed by atoms with Crippen molar-refractivity contribution >= 4 is 23.1 Å². The maximum atomic E-state index is 5.60. The van der Waals surface area contributed by atoms with E-state index in [0.717, 1.165) is 12.2 Å². The molecule has 2 heterocycles. The fraction of sp³-hybridized carbons (Fsp3) is 0.375. The van der Waals surface area contributed by atoms with E-state index in [2.05, 4.69) is 43.5 Å². The van der Waals surface area contributed by atoms with Crippen LogP contribution in [-0.4, -0.2) is 11.9 Å². The van der Waals surface area contributed by atoms with Gasteiger partial charge in [-0.2, -0.15) is 0 Å². The van der Waals surface area contributed by atoms with E-state index < -0.39 is 0 Å². The highest BCUT2D eigenvalue weighted by molar-refractivity contribution is 8.00. The van der Waals surface area contributed by atoms with Crippen LogP contribution in [-0.2, 0) is 6.42 Å². The summed E-state index contributed by atoms with van der Waals surface area (Å²) in [4.78, 5) is 2.72. The second-order valence-electron chi connectivity index (χ2n) is 5.47. The van der Waals surface area contributed by atoms with E-state index in [1.165, 1.54) is 27.3 Å². The molecule has 0 saturated carbocycles. The largest absolute Gasteiger partial charge is 0.496 e. The second kappa shape index (κ2) is 4.88. The number of ether oxygens (including phenoxy) is 1. The number of benzene rings is 1. The fourth-order valence-electron chi connectivity index (χ4n) is 2.51. The van der Waals surface area contributed by atoms with E-state index in [-0.39, 0.29) is 0 Å².